The van der Waals surface area contributed by atoms with Crippen molar-refractivity contribution >= 4 is 5.91 Å². The van der Waals surface area contributed by atoms with Crippen LogP contribution in [-0.2, 0) is 11.3 Å². The molecule has 3 rings (SSSR count). The van der Waals surface area contributed by atoms with Crippen molar-refractivity contribution in [2.24, 2.45) is 0 Å². The van der Waals surface area contributed by atoms with E-state index in [2.05, 4.69) is 37.3 Å². The van der Waals surface area contributed by atoms with Crippen LogP contribution in [0.2, 0.25) is 0 Å². The third-order valence-corrected chi connectivity index (χ3v) is 3.98. The first-order valence-electron chi connectivity index (χ1n) is 7.85. The Bertz CT molecular complexity index is 633. The Morgan fingerprint density at radius 2 is 1.96 bits per heavy atom. The number of aromatic nitrogens is 3. The second kappa shape index (κ2) is 7.34. The molecule has 0 aliphatic carbocycles. The van der Waals surface area contributed by atoms with Gasteiger partial charge in [0.15, 0.2) is 5.82 Å². The van der Waals surface area contributed by atoms with Gasteiger partial charge in [-0.25, -0.2) is 4.98 Å². The molecule has 2 aromatic rings. The summed E-state index contributed by atoms with van der Waals surface area (Å²) >= 11 is 0. The van der Waals surface area contributed by atoms with Gasteiger partial charge in [-0.15, -0.1) is 0 Å². The molecule has 2 heterocycles. The van der Waals surface area contributed by atoms with Gasteiger partial charge in [0.25, 0.3) is 0 Å². The third kappa shape index (κ3) is 4.37. The Morgan fingerprint density at radius 1 is 1.22 bits per heavy atom. The lowest BCUT2D eigenvalue weighted by Gasteiger charge is -2.31. The maximum atomic E-state index is 12.0. The first-order chi connectivity index (χ1) is 11.2. The van der Waals surface area contributed by atoms with E-state index in [0.717, 1.165) is 31.7 Å². The number of aromatic amines is 1. The SMILES string of the molecule is CN1CCN(CC(=O)NCc2nc(-c3ccccc3)n[nH]2)CC1. The van der Waals surface area contributed by atoms with Crippen molar-refractivity contribution in [1.29, 1.82) is 0 Å². The van der Waals surface area contributed by atoms with Crippen LogP contribution in [0.5, 0.6) is 0 Å². The molecule has 7 heteroatoms. The largest absolute Gasteiger partial charge is 0.348 e. The highest BCUT2D eigenvalue weighted by Crippen LogP contribution is 2.13. The molecule has 1 saturated heterocycles. The monoisotopic (exact) mass is 314 g/mol. The molecule has 23 heavy (non-hydrogen) atoms. The molecular weight excluding hydrogens is 292 g/mol. The van der Waals surface area contributed by atoms with Gasteiger partial charge in [-0.1, -0.05) is 30.3 Å². The van der Waals surface area contributed by atoms with Gasteiger partial charge in [0, 0.05) is 31.7 Å². The number of hydrogen-bond acceptors (Lipinski definition) is 5. The third-order valence-electron chi connectivity index (χ3n) is 3.98. The molecule has 7 nitrogen and oxygen atoms in total. The van der Waals surface area contributed by atoms with Crippen molar-refractivity contribution in [3.8, 4) is 11.4 Å². The molecule has 1 aromatic carbocycles. The first-order valence-corrected chi connectivity index (χ1v) is 7.85. The average Bonchev–Trinajstić information content (AvgIpc) is 3.05. The Morgan fingerprint density at radius 3 is 2.70 bits per heavy atom. The van der Waals surface area contributed by atoms with Crippen LogP contribution in [0.3, 0.4) is 0 Å². The van der Waals surface area contributed by atoms with Crippen molar-refractivity contribution in [3.05, 3.63) is 36.2 Å². The van der Waals surface area contributed by atoms with E-state index in [4.69, 9.17) is 0 Å². The molecule has 122 valence electrons. The zero-order chi connectivity index (χ0) is 16.1. The quantitative estimate of drug-likeness (QED) is 0.832. The number of nitrogens with zero attached hydrogens (tertiary/aromatic N) is 4. The van der Waals surface area contributed by atoms with E-state index < -0.39 is 0 Å². The predicted octanol–water partition coefficient (Wildman–Crippen LogP) is 0.335. The second-order valence-electron chi connectivity index (χ2n) is 5.83. The van der Waals surface area contributed by atoms with Crippen LogP contribution in [0.1, 0.15) is 5.82 Å². The van der Waals surface area contributed by atoms with Crippen LogP contribution in [0.4, 0.5) is 0 Å². The average molecular weight is 314 g/mol. The summed E-state index contributed by atoms with van der Waals surface area (Å²) < 4.78 is 0. The number of amides is 1. The summed E-state index contributed by atoms with van der Waals surface area (Å²) in [4.78, 5) is 20.9. The highest BCUT2D eigenvalue weighted by molar-refractivity contribution is 5.77. The number of benzene rings is 1. The molecule has 2 N–H and O–H groups in total. The minimum Gasteiger partial charge on any atom is -0.348 e. The summed E-state index contributed by atoms with van der Waals surface area (Å²) in [6.07, 6.45) is 0. The predicted molar refractivity (Wildman–Crippen MR) is 87.6 cm³/mol. The van der Waals surface area contributed by atoms with Gasteiger partial charge in [-0.05, 0) is 7.05 Å². The number of H-pyrrole nitrogens is 1. The standard InChI is InChI=1S/C16H22N6O/c1-21-7-9-22(10-8-21)12-15(23)17-11-14-18-16(20-19-14)13-5-3-2-4-6-13/h2-6H,7-12H2,1H3,(H,17,23)(H,18,19,20). The van der Waals surface area contributed by atoms with Crippen LogP contribution in [-0.4, -0.2) is 70.7 Å². The molecule has 0 spiro atoms. The van der Waals surface area contributed by atoms with Gasteiger partial charge < -0.3 is 10.2 Å². The number of carbonyl (C=O) groups excluding carboxylic acids is 1. The normalized spacial score (nSPS) is 16.4. The molecule has 0 saturated carbocycles. The molecule has 0 atom stereocenters. The molecule has 0 bridgehead atoms. The van der Waals surface area contributed by atoms with Crippen molar-refractivity contribution in [1.82, 2.24) is 30.3 Å². The summed E-state index contributed by atoms with van der Waals surface area (Å²) in [5, 5.41) is 9.95. The van der Waals surface area contributed by atoms with E-state index >= 15 is 0 Å². The number of carbonyl (C=O) groups is 1. The minimum absolute atomic E-state index is 0.0206. The maximum absolute atomic E-state index is 12.0. The Kier molecular flexibility index (Phi) is 4.99. The lowest BCUT2D eigenvalue weighted by atomic mass is 10.2. The van der Waals surface area contributed by atoms with Crippen molar-refractivity contribution in [3.63, 3.8) is 0 Å². The highest BCUT2D eigenvalue weighted by atomic mass is 16.2. The topological polar surface area (TPSA) is 77.2 Å². The zero-order valence-corrected chi connectivity index (χ0v) is 13.3. The van der Waals surface area contributed by atoms with Crippen molar-refractivity contribution < 1.29 is 4.79 Å². The second-order valence-corrected chi connectivity index (χ2v) is 5.83. The molecule has 0 unspecified atom stereocenters. The smallest absolute Gasteiger partial charge is 0.234 e. The van der Waals surface area contributed by atoms with E-state index in [0.29, 0.717) is 24.7 Å². The molecule has 0 radical (unpaired) electrons. The molecule has 1 fully saturated rings. The van der Waals surface area contributed by atoms with Crippen molar-refractivity contribution in [2.75, 3.05) is 39.8 Å². The summed E-state index contributed by atoms with van der Waals surface area (Å²) in [5.41, 5.74) is 0.957. The fraction of sp³-hybridized carbons (Fsp3) is 0.438. The maximum Gasteiger partial charge on any atom is 0.234 e. The lowest BCUT2D eigenvalue weighted by molar-refractivity contribution is -0.122. The zero-order valence-electron chi connectivity index (χ0n) is 13.3. The van der Waals surface area contributed by atoms with E-state index in [1.165, 1.54) is 0 Å². The van der Waals surface area contributed by atoms with E-state index in [1.807, 2.05) is 30.3 Å². The van der Waals surface area contributed by atoms with Crippen molar-refractivity contribution in [2.45, 2.75) is 6.54 Å². The van der Waals surface area contributed by atoms with Crippen LogP contribution < -0.4 is 5.32 Å². The van der Waals surface area contributed by atoms with Crippen LogP contribution in [0, 0.1) is 0 Å². The van der Waals surface area contributed by atoms with Crippen LogP contribution in [0.25, 0.3) is 11.4 Å². The van der Waals surface area contributed by atoms with Crippen LogP contribution >= 0.6 is 0 Å². The fourth-order valence-electron chi connectivity index (χ4n) is 2.54. The van der Waals surface area contributed by atoms with Gasteiger partial charge in [0.2, 0.25) is 5.91 Å². The minimum atomic E-state index is 0.0206. The van der Waals surface area contributed by atoms with Crippen LogP contribution in [0.15, 0.2) is 30.3 Å². The lowest BCUT2D eigenvalue weighted by Crippen LogP contribution is -2.48. The van der Waals surface area contributed by atoms with Gasteiger partial charge >= 0.3 is 0 Å². The Balaban J connectivity index is 1.47. The Labute approximate surface area is 135 Å². The molecule has 1 aliphatic heterocycles. The van der Waals surface area contributed by atoms with Gasteiger partial charge in [-0.2, -0.15) is 5.10 Å². The number of rotatable bonds is 5. The van der Waals surface area contributed by atoms with E-state index in [1.54, 1.807) is 0 Å². The fourth-order valence-corrected chi connectivity index (χ4v) is 2.54. The highest BCUT2D eigenvalue weighted by Gasteiger charge is 2.16. The number of hydrogen-bond donors (Lipinski definition) is 2. The molecule has 1 amide bonds. The summed E-state index contributed by atoms with van der Waals surface area (Å²) in [7, 11) is 2.10. The molecular formula is C16H22N6O. The van der Waals surface area contributed by atoms with E-state index in [-0.39, 0.29) is 5.91 Å². The summed E-state index contributed by atoms with van der Waals surface area (Å²) in [6, 6.07) is 9.76. The van der Waals surface area contributed by atoms with Gasteiger partial charge in [0.05, 0.1) is 13.1 Å². The Hall–Kier alpha value is -2.25. The number of piperazine rings is 1. The molecule has 1 aromatic heterocycles. The van der Waals surface area contributed by atoms with E-state index in [9.17, 15) is 4.79 Å². The first kappa shape index (κ1) is 15.6. The number of nitrogens with one attached hydrogen (secondary N) is 2. The summed E-state index contributed by atoms with van der Waals surface area (Å²) in [5.74, 6) is 1.33. The molecule has 1 aliphatic rings. The number of likely N-dealkylation sites (N-methyl/N-ethyl adjacent to an activating group) is 1. The van der Waals surface area contributed by atoms with Gasteiger partial charge in [0.1, 0.15) is 5.82 Å². The summed E-state index contributed by atoms with van der Waals surface area (Å²) in [6.45, 7) is 4.69. The van der Waals surface area contributed by atoms with Gasteiger partial charge in [-0.3, -0.25) is 14.8 Å².